The van der Waals surface area contributed by atoms with Crippen LogP contribution < -0.4 is 4.74 Å². The van der Waals surface area contributed by atoms with Crippen molar-refractivity contribution in [2.75, 3.05) is 39.3 Å². The first-order valence-corrected chi connectivity index (χ1v) is 9.59. The summed E-state index contributed by atoms with van der Waals surface area (Å²) in [7, 11) is 0. The van der Waals surface area contributed by atoms with E-state index in [9.17, 15) is 23.1 Å². The average molecular weight is 411 g/mol. The lowest BCUT2D eigenvalue weighted by Crippen LogP contribution is -2.55. The van der Waals surface area contributed by atoms with Crippen molar-refractivity contribution in [2.45, 2.75) is 25.1 Å². The number of rotatable bonds is 6. The van der Waals surface area contributed by atoms with E-state index in [1.165, 1.54) is 4.90 Å². The monoisotopic (exact) mass is 411 g/mol. The summed E-state index contributed by atoms with van der Waals surface area (Å²) in [6.45, 7) is 2.45. The lowest BCUT2D eigenvalue weighted by atomic mass is 9.84. The predicted molar refractivity (Wildman–Crippen MR) is 97.9 cm³/mol. The molecule has 1 amide bonds. The first-order valence-electron chi connectivity index (χ1n) is 9.59. The fourth-order valence-corrected chi connectivity index (χ4v) is 4.19. The number of nitrogens with zero attached hydrogens (tertiary/aromatic N) is 3. The number of halogens is 3. The molecule has 158 valence electrons. The second-order valence-electron chi connectivity index (χ2n) is 7.88. The Labute approximate surface area is 167 Å². The lowest BCUT2D eigenvalue weighted by molar-refractivity contribution is -0.164. The second kappa shape index (κ2) is 9.01. The van der Waals surface area contributed by atoms with Crippen molar-refractivity contribution in [1.82, 2.24) is 9.80 Å². The Morgan fingerprint density at radius 3 is 2.38 bits per heavy atom. The third-order valence-corrected chi connectivity index (χ3v) is 5.26. The summed E-state index contributed by atoms with van der Waals surface area (Å²) in [5.41, 5.74) is 0.528. The third-order valence-electron chi connectivity index (χ3n) is 5.26. The number of hydrogen-bond acceptors (Lipinski definition) is 5. The summed E-state index contributed by atoms with van der Waals surface area (Å²) in [6.07, 6.45) is -5.70. The predicted octanol–water partition coefficient (Wildman–Crippen LogP) is 2.03. The molecule has 2 aliphatic heterocycles. The molecule has 1 aromatic carbocycles. The van der Waals surface area contributed by atoms with Crippen molar-refractivity contribution in [3.63, 3.8) is 0 Å². The van der Waals surface area contributed by atoms with Gasteiger partial charge in [-0.15, -0.1) is 0 Å². The van der Waals surface area contributed by atoms with Gasteiger partial charge in [0.2, 0.25) is 5.91 Å². The number of likely N-dealkylation sites (tertiary alicyclic amines) is 2. The van der Waals surface area contributed by atoms with E-state index in [1.807, 2.05) is 6.07 Å². The first kappa shape index (κ1) is 21.4. The number of amides is 1. The number of piperidine rings is 2. The minimum absolute atomic E-state index is 0.105. The number of hydrogen-bond donors (Lipinski definition) is 1. The van der Waals surface area contributed by atoms with E-state index >= 15 is 0 Å². The summed E-state index contributed by atoms with van der Waals surface area (Å²) in [4.78, 5) is 15.3. The molecule has 0 aromatic heterocycles. The maximum Gasteiger partial charge on any atom is 0.397 e. The van der Waals surface area contributed by atoms with Gasteiger partial charge in [0.05, 0.1) is 11.6 Å². The molecule has 3 unspecified atom stereocenters. The molecule has 2 bridgehead atoms. The van der Waals surface area contributed by atoms with Crippen molar-refractivity contribution in [3.8, 4) is 11.8 Å². The summed E-state index contributed by atoms with van der Waals surface area (Å²) in [6, 6.07) is 8.64. The van der Waals surface area contributed by atoms with Gasteiger partial charge in [-0.05, 0) is 42.5 Å². The molecule has 0 saturated carbocycles. The number of aliphatic hydroxyl groups is 1. The van der Waals surface area contributed by atoms with E-state index in [1.54, 1.807) is 24.3 Å². The van der Waals surface area contributed by atoms with Gasteiger partial charge < -0.3 is 14.7 Å². The molecule has 6 nitrogen and oxygen atoms in total. The summed E-state index contributed by atoms with van der Waals surface area (Å²) < 4.78 is 43.0. The van der Waals surface area contributed by atoms with E-state index in [-0.39, 0.29) is 18.4 Å². The number of carbonyl (C=O) groups is 1. The van der Waals surface area contributed by atoms with Gasteiger partial charge in [0, 0.05) is 32.7 Å². The Kier molecular flexibility index (Phi) is 6.65. The van der Waals surface area contributed by atoms with Crippen LogP contribution in [-0.4, -0.2) is 72.4 Å². The van der Waals surface area contributed by atoms with Crippen LogP contribution in [0.2, 0.25) is 0 Å². The number of nitriles is 1. The van der Waals surface area contributed by atoms with Gasteiger partial charge in [-0.3, -0.25) is 9.69 Å². The fraction of sp³-hybridized carbons (Fsp3) is 0.600. The van der Waals surface area contributed by atoms with E-state index < -0.39 is 24.6 Å². The van der Waals surface area contributed by atoms with E-state index in [0.29, 0.717) is 44.0 Å². The summed E-state index contributed by atoms with van der Waals surface area (Å²) in [5.74, 6) is -0.0495. The van der Waals surface area contributed by atoms with Crippen LogP contribution >= 0.6 is 0 Å². The highest BCUT2D eigenvalue weighted by Crippen LogP contribution is 2.30. The van der Waals surface area contributed by atoms with Gasteiger partial charge >= 0.3 is 6.18 Å². The first-order chi connectivity index (χ1) is 13.7. The Hall–Kier alpha value is -2.31. The maximum atomic E-state index is 12.5. The van der Waals surface area contributed by atoms with Crippen LogP contribution in [0, 0.1) is 23.2 Å². The Balaban J connectivity index is 1.44. The molecular weight excluding hydrogens is 387 g/mol. The minimum Gasteiger partial charge on any atom is -0.491 e. The molecule has 29 heavy (non-hydrogen) atoms. The standard InChI is InChI=1S/C20H24F3N3O3/c21-20(22,23)6-19(28)26-10-15-5-16(11-26)9-25(8-15)12-17(27)13-29-18-3-1-14(7-24)2-4-18/h1-4,15-17,27H,5-6,8-13H2. The molecule has 3 atom stereocenters. The zero-order chi connectivity index (χ0) is 21.0. The molecule has 2 aliphatic rings. The number of aliphatic hydroxyl groups excluding tert-OH is 1. The quantitative estimate of drug-likeness (QED) is 0.775. The van der Waals surface area contributed by atoms with Gasteiger partial charge in [-0.2, -0.15) is 18.4 Å². The SMILES string of the molecule is N#Cc1ccc(OCC(O)CN2CC3CC(C2)CN(C(=O)CC(F)(F)F)C3)cc1. The Bertz CT molecular complexity index is 734. The van der Waals surface area contributed by atoms with Crippen molar-refractivity contribution in [3.05, 3.63) is 29.8 Å². The largest absolute Gasteiger partial charge is 0.491 e. The number of carbonyl (C=O) groups excluding carboxylic acids is 1. The smallest absolute Gasteiger partial charge is 0.397 e. The average Bonchev–Trinajstić information content (AvgIpc) is 2.64. The maximum absolute atomic E-state index is 12.5. The van der Waals surface area contributed by atoms with Gasteiger partial charge in [-0.25, -0.2) is 0 Å². The van der Waals surface area contributed by atoms with Gasteiger partial charge in [-0.1, -0.05) is 0 Å². The van der Waals surface area contributed by atoms with Crippen LogP contribution in [0.4, 0.5) is 13.2 Å². The third kappa shape index (κ3) is 6.34. The summed E-state index contributed by atoms with van der Waals surface area (Å²) >= 11 is 0. The molecule has 2 fully saturated rings. The van der Waals surface area contributed by atoms with Crippen molar-refractivity contribution in [1.29, 1.82) is 5.26 Å². The highest BCUT2D eigenvalue weighted by atomic mass is 19.4. The fourth-order valence-electron chi connectivity index (χ4n) is 4.19. The molecule has 2 heterocycles. The molecule has 3 rings (SSSR count). The van der Waals surface area contributed by atoms with Crippen LogP contribution in [0.1, 0.15) is 18.4 Å². The van der Waals surface area contributed by atoms with Gasteiger partial charge in [0.25, 0.3) is 0 Å². The highest BCUT2D eigenvalue weighted by molar-refractivity contribution is 5.77. The zero-order valence-electron chi connectivity index (χ0n) is 15.9. The number of ether oxygens (including phenoxy) is 1. The topological polar surface area (TPSA) is 76.8 Å². The second-order valence-corrected chi connectivity index (χ2v) is 7.88. The number of β-amino-alcohol motifs (C(OH)–C–C–N with tert-alkyl or cyclic N) is 1. The van der Waals surface area contributed by atoms with Crippen molar-refractivity contribution in [2.24, 2.45) is 11.8 Å². The molecule has 0 aliphatic carbocycles. The lowest BCUT2D eigenvalue weighted by Gasteiger charge is -2.46. The Morgan fingerprint density at radius 1 is 1.21 bits per heavy atom. The molecule has 1 N–H and O–H groups in total. The molecule has 9 heteroatoms. The zero-order valence-corrected chi connectivity index (χ0v) is 15.9. The van der Waals surface area contributed by atoms with Gasteiger partial charge in [0.1, 0.15) is 24.9 Å². The molecule has 0 spiro atoms. The molecular formula is C20H24F3N3O3. The van der Waals surface area contributed by atoms with Crippen LogP contribution in [0.3, 0.4) is 0 Å². The highest BCUT2D eigenvalue weighted by Gasteiger charge is 2.39. The van der Waals surface area contributed by atoms with Crippen LogP contribution in [-0.2, 0) is 4.79 Å². The normalized spacial score (nSPS) is 23.3. The van der Waals surface area contributed by atoms with Crippen molar-refractivity contribution < 1.29 is 27.8 Å². The number of fused-ring (bicyclic) bond motifs is 2. The molecule has 2 saturated heterocycles. The summed E-state index contributed by atoms with van der Waals surface area (Å²) in [5, 5.41) is 19.1. The Morgan fingerprint density at radius 2 is 1.83 bits per heavy atom. The van der Waals surface area contributed by atoms with Crippen LogP contribution in [0.5, 0.6) is 5.75 Å². The number of benzene rings is 1. The molecule has 1 aromatic rings. The van der Waals surface area contributed by atoms with Crippen molar-refractivity contribution >= 4 is 5.91 Å². The molecule has 0 radical (unpaired) electrons. The van der Waals surface area contributed by atoms with Crippen LogP contribution in [0.25, 0.3) is 0 Å². The number of alkyl halides is 3. The van der Waals surface area contributed by atoms with E-state index in [2.05, 4.69) is 4.90 Å². The minimum atomic E-state index is -4.48. The van der Waals surface area contributed by atoms with E-state index in [4.69, 9.17) is 10.00 Å². The van der Waals surface area contributed by atoms with Gasteiger partial charge in [0.15, 0.2) is 0 Å². The van der Waals surface area contributed by atoms with E-state index in [0.717, 1.165) is 6.42 Å². The van der Waals surface area contributed by atoms with Crippen LogP contribution in [0.15, 0.2) is 24.3 Å².